The smallest absolute Gasteiger partial charge is 0.193 e. The predicted octanol–water partition coefficient (Wildman–Crippen LogP) is 8.56. The normalized spacial score (nSPS) is 16.4. The van der Waals surface area contributed by atoms with Gasteiger partial charge in [-0.05, 0) is 61.7 Å². The highest BCUT2D eigenvalue weighted by Crippen LogP contribution is 2.66. The molecule has 1 spiro atoms. The second kappa shape index (κ2) is 8.86. The Morgan fingerprint density at radius 2 is 1.04 bits per heavy atom. The van der Waals surface area contributed by atoms with Gasteiger partial charge in [0.25, 0.3) is 0 Å². The zero-order valence-corrected chi connectivity index (χ0v) is 26.1. The van der Waals surface area contributed by atoms with Crippen LogP contribution in [0.25, 0.3) is 33.7 Å². The van der Waals surface area contributed by atoms with Crippen molar-refractivity contribution in [3.05, 3.63) is 171 Å². The number of benzene rings is 5. The van der Waals surface area contributed by atoms with E-state index in [1.807, 2.05) is 60.7 Å². The number of ketones is 2. The Labute approximate surface area is 271 Å². The van der Waals surface area contributed by atoms with Crippen molar-refractivity contribution in [3.63, 3.8) is 0 Å². The topological polar surface area (TPSA) is 63.2 Å². The van der Waals surface area contributed by atoms with E-state index in [1.165, 1.54) is 0 Å². The van der Waals surface area contributed by atoms with Crippen molar-refractivity contribution in [2.45, 2.75) is 26.2 Å². The van der Waals surface area contributed by atoms with Gasteiger partial charge in [-0.3, -0.25) is 9.59 Å². The molecular weight excluding hydrogens is 578 g/mol. The van der Waals surface area contributed by atoms with E-state index >= 15 is 9.59 Å². The van der Waals surface area contributed by atoms with Gasteiger partial charge in [0, 0.05) is 44.7 Å². The molecule has 5 heteroatoms. The molecule has 0 bridgehead atoms. The summed E-state index contributed by atoms with van der Waals surface area (Å²) >= 11 is 0. The molecule has 5 nitrogen and oxygen atoms in total. The van der Waals surface area contributed by atoms with E-state index < -0.39 is 5.41 Å². The molecule has 0 saturated carbocycles. The summed E-state index contributed by atoms with van der Waals surface area (Å²) in [7, 11) is 0. The van der Waals surface area contributed by atoms with Crippen LogP contribution >= 0.6 is 0 Å². The number of rotatable bonds is 1. The monoisotopic (exact) mass is 605 g/mol. The zero-order chi connectivity index (χ0) is 31.8. The number of carbonyl (C=O) groups excluding carboxylic acids is 2. The van der Waals surface area contributed by atoms with Crippen molar-refractivity contribution < 1.29 is 9.59 Å². The molecule has 6 aromatic rings. The lowest BCUT2D eigenvalue weighted by atomic mass is 9.64. The Morgan fingerprint density at radius 1 is 0.553 bits per heavy atom. The molecule has 1 aromatic heterocycles. The third-order valence-electron chi connectivity index (χ3n) is 10.5. The Morgan fingerprint density at radius 3 is 1.62 bits per heavy atom. The molecule has 47 heavy (non-hydrogen) atoms. The van der Waals surface area contributed by atoms with Crippen LogP contribution in [0.3, 0.4) is 0 Å². The fraction of sp³-hybridized carbons (Fsp3) is 0.0952. The van der Waals surface area contributed by atoms with Crippen LogP contribution in [0.4, 0.5) is 5.69 Å². The second-order valence-corrected chi connectivity index (χ2v) is 13.0. The lowest BCUT2D eigenvalue weighted by Gasteiger charge is -2.42. The fourth-order valence-corrected chi connectivity index (χ4v) is 8.29. The Bertz CT molecular complexity index is 2460. The van der Waals surface area contributed by atoms with Gasteiger partial charge in [0.2, 0.25) is 0 Å². The summed E-state index contributed by atoms with van der Waals surface area (Å²) in [6.45, 7) is 6.21. The van der Waals surface area contributed by atoms with Crippen LogP contribution in [0.5, 0.6) is 0 Å². The number of aryl methyl sites for hydroxylation is 3. The fourth-order valence-electron chi connectivity index (χ4n) is 8.29. The van der Waals surface area contributed by atoms with E-state index in [9.17, 15) is 0 Å². The highest BCUT2D eigenvalue weighted by molar-refractivity contribution is 6.35. The number of nitrogens with zero attached hydrogens (tertiary/aromatic N) is 3. The average molecular weight is 606 g/mol. The third kappa shape index (κ3) is 3.09. The van der Waals surface area contributed by atoms with Crippen LogP contribution in [0, 0.1) is 20.8 Å². The highest BCUT2D eigenvalue weighted by Gasteiger charge is 2.63. The first kappa shape index (κ1) is 26.3. The number of hydrogen-bond acceptors (Lipinski definition) is 5. The van der Waals surface area contributed by atoms with E-state index in [1.54, 1.807) is 0 Å². The van der Waals surface area contributed by atoms with Gasteiger partial charge in [-0.1, -0.05) is 90.5 Å². The summed E-state index contributed by atoms with van der Waals surface area (Å²) in [6.07, 6.45) is 0. The van der Waals surface area contributed by atoms with Crippen molar-refractivity contribution >= 4 is 39.7 Å². The SMILES string of the molecule is Cc1ccc(N2C3=C(C(=O)c4ccccc43)C3(C4=C2c2ccccc2C4=O)c2ccccc2-c2nc4cc(C)c(C)cc4nc23)cc1. The van der Waals surface area contributed by atoms with Gasteiger partial charge in [-0.25, -0.2) is 9.97 Å². The summed E-state index contributed by atoms with van der Waals surface area (Å²) in [5.41, 5.74) is 13.3. The standard InChI is InChI=1S/C42H27N3O2/c1-22-16-18-25(19-17-22)45-37-26-10-4-6-12-28(26)39(46)34(37)42(35-38(45)27-11-5-7-13-29(27)40(35)47)31-15-9-8-14-30(31)36-41(42)44-33-21-24(3)23(2)20-32(33)43-36/h4-21H,1-3H3. The Balaban J connectivity index is 1.44. The Hall–Kier alpha value is -5.94. The van der Waals surface area contributed by atoms with Crippen molar-refractivity contribution in [2.75, 3.05) is 4.90 Å². The van der Waals surface area contributed by atoms with Gasteiger partial charge in [-0.15, -0.1) is 0 Å². The predicted molar refractivity (Wildman–Crippen MR) is 184 cm³/mol. The van der Waals surface area contributed by atoms with Crippen LogP contribution in [0.15, 0.2) is 120 Å². The number of allylic oxidation sites excluding steroid dienone is 2. The van der Waals surface area contributed by atoms with Crippen LogP contribution in [0.2, 0.25) is 0 Å². The molecule has 0 saturated heterocycles. The van der Waals surface area contributed by atoms with E-state index in [-0.39, 0.29) is 11.6 Å². The zero-order valence-electron chi connectivity index (χ0n) is 26.1. The van der Waals surface area contributed by atoms with Crippen LogP contribution < -0.4 is 4.90 Å². The van der Waals surface area contributed by atoms with Crippen molar-refractivity contribution in [2.24, 2.45) is 0 Å². The minimum absolute atomic E-state index is 0.0901. The summed E-state index contributed by atoms with van der Waals surface area (Å²) in [4.78, 5) is 43.1. The van der Waals surface area contributed by atoms with Crippen LogP contribution in [0.1, 0.15) is 59.8 Å². The van der Waals surface area contributed by atoms with Gasteiger partial charge >= 0.3 is 0 Å². The number of carbonyl (C=O) groups is 2. The molecule has 222 valence electrons. The first-order valence-corrected chi connectivity index (χ1v) is 15.9. The van der Waals surface area contributed by atoms with Gasteiger partial charge in [0.1, 0.15) is 5.41 Å². The van der Waals surface area contributed by atoms with E-state index in [4.69, 9.17) is 9.97 Å². The number of aromatic nitrogens is 2. The minimum atomic E-state index is -1.27. The molecule has 0 N–H and O–H groups in total. The number of Topliss-reactive ketones (excluding diaryl/α,β-unsaturated/α-hetero) is 2. The van der Waals surface area contributed by atoms with Gasteiger partial charge in [0.05, 0.1) is 33.8 Å². The maximum absolute atomic E-state index is 15.1. The van der Waals surface area contributed by atoms with Crippen molar-refractivity contribution in [3.8, 4) is 11.3 Å². The van der Waals surface area contributed by atoms with Crippen molar-refractivity contribution in [1.82, 2.24) is 9.97 Å². The van der Waals surface area contributed by atoms with E-state index in [0.29, 0.717) is 33.7 Å². The summed E-state index contributed by atoms with van der Waals surface area (Å²) in [5.74, 6) is -0.180. The molecule has 5 aromatic carbocycles. The first-order chi connectivity index (χ1) is 22.9. The summed E-state index contributed by atoms with van der Waals surface area (Å²) < 4.78 is 0. The van der Waals surface area contributed by atoms with E-state index in [0.717, 1.165) is 67.1 Å². The van der Waals surface area contributed by atoms with Gasteiger partial charge in [0.15, 0.2) is 11.6 Å². The summed E-state index contributed by atoms with van der Waals surface area (Å²) in [5, 5.41) is 0. The van der Waals surface area contributed by atoms with E-state index in [2.05, 4.69) is 74.2 Å². The maximum Gasteiger partial charge on any atom is 0.193 e. The van der Waals surface area contributed by atoms with Gasteiger partial charge in [-0.2, -0.15) is 0 Å². The number of hydrogen-bond donors (Lipinski definition) is 0. The molecular formula is C42H27N3O2. The molecule has 3 aliphatic carbocycles. The molecule has 0 radical (unpaired) electrons. The molecule has 0 atom stereocenters. The average Bonchev–Trinajstić information content (AvgIpc) is 3.66. The second-order valence-electron chi connectivity index (χ2n) is 13.0. The first-order valence-electron chi connectivity index (χ1n) is 15.9. The van der Waals surface area contributed by atoms with Crippen LogP contribution in [-0.2, 0) is 5.41 Å². The number of anilines is 1. The summed E-state index contributed by atoms with van der Waals surface area (Å²) in [6, 6.07) is 36.2. The molecule has 0 amide bonds. The molecule has 2 heterocycles. The molecule has 4 aliphatic rings. The minimum Gasteiger partial charge on any atom is -0.308 e. The molecule has 10 rings (SSSR count). The van der Waals surface area contributed by atoms with Crippen molar-refractivity contribution in [1.29, 1.82) is 0 Å². The lowest BCUT2D eigenvalue weighted by Crippen LogP contribution is -2.42. The van der Waals surface area contributed by atoms with Crippen LogP contribution in [-0.4, -0.2) is 21.5 Å². The van der Waals surface area contributed by atoms with Gasteiger partial charge < -0.3 is 4.90 Å². The highest BCUT2D eigenvalue weighted by atomic mass is 16.1. The third-order valence-corrected chi connectivity index (χ3v) is 10.5. The quantitative estimate of drug-likeness (QED) is 0.188. The Kier molecular flexibility index (Phi) is 4.96. The maximum atomic E-state index is 15.1. The largest absolute Gasteiger partial charge is 0.308 e. The molecule has 0 fully saturated rings. The molecule has 1 aliphatic heterocycles. The number of fused-ring (bicyclic) bond motifs is 12. The molecule has 0 unspecified atom stereocenters. The lowest BCUT2D eigenvalue weighted by molar-refractivity contribution is 0.101.